The van der Waals surface area contributed by atoms with E-state index in [9.17, 15) is 4.79 Å². The predicted octanol–water partition coefficient (Wildman–Crippen LogP) is 4.64. The molecule has 0 unspecified atom stereocenters. The highest BCUT2D eigenvalue weighted by Gasteiger charge is 2.08. The number of nitrogens with one attached hydrogen (secondary N) is 2. The molecular formula is C22H24N4O2. The van der Waals surface area contributed by atoms with Crippen LogP contribution in [0.2, 0.25) is 0 Å². The molecule has 0 radical (unpaired) electrons. The molecule has 0 aliphatic rings. The Morgan fingerprint density at radius 3 is 2.57 bits per heavy atom. The normalized spacial score (nSPS) is 10.3. The number of amides is 2. The van der Waals surface area contributed by atoms with Crippen LogP contribution in [0.3, 0.4) is 0 Å². The Labute approximate surface area is 165 Å². The number of aromatic nitrogens is 2. The van der Waals surface area contributed by atoms with Crippen LogP contribution in [0.15, 0.2) is 67.1 Å². The van der Waals surface area contributed by atoms with Crippen molar-refractivity contribution in [3.05, 3.63) is 72.7 Å². The Morgan fingerprint density at radius 2 is 1.82 bits per heavy atom. The van der Waals surface area contributed by atoms with E-state index in [0.29, 0.717) is 18.8 Å². The summed E-state index contributed by atoms with van der Waals surface area (Å²) in [4.78, 5) is 20.7. The summed E-state index contributed by atoms with van der Waals surface area (Å²) in [6.07, 6.45) is 7.31. The predicted molar refractivity (Wildman–Crippen MR) is 110 cm³/mol. The topological polar surface area (TPSA) is 76.1 Å². The number of rotatable bonds is 8. The van der Waals surface area contributed by atoms with Crippen molar-refractivity contribution in [2.45, 2.75) is 26.3 Å². The third kappa shape index (κ3) is 5.54. The zero-order valence-corrected chi connectivity index (χ0v) is 15.9. The number of urea groups is 1. The van der Waals surface area contributed by atoms with Gasteiger partial charge in [-0.25, -0.2) is 4.79 Å². The number of nitrogens with zero attached hydrogens (tertiary/aromatic N) is 2. The van der Waals surface area contributed by atoms with Gasteiger partial charge in [-0.3, -0.25) is 9.97 Å². The van der Waals surface area contributed by atoms with E-state index in [-0.39, 0.29) is 6.03 Å². The Morgan fingerprint density at radius 1 is 1.04 bits per heavy atom. The van der Waals surface area contributed by atoms with Crippen molar-refractivity contribution in [2.75, 3.05) is 11.9 Å². The highest BCUT2D eigenvalue weighted by Crippen LogP contribution is 2.20. The molecular weight excluding hydrogens is 352 g/mol. The zero-order chi connectivity index (χ0) is 19.6. The second kappa shape index (κ2) is 10.1. The first-order valence-electron chi connectivity index (χ1n) is 9.38. The van der Waals surface area contributed by atoms with E-state index >= 15 is 0 Å². The fourth-order valence-corrected chi connectivity index (χ4v) is 2.67. The SMILES string of the molecule is CCCCOc1ccc(NC(=O)NCc2cccnc2-c2ccncc2)cc1. The molecule has 0 aliphatic carbocycles. The number of carbonyl (C=O) groups excluding carboxylic acids is 1. The second-order valence-electron chi connectivity index (χ2n) is 6.28. The highest BCUT2D eigenvalue weighted by molar-refractivity contribution is 5.89. The van der Waals surface area contributed by atoms with Crippen molar-refractivity contribution < 1.29 is 9.53 Å². The molecule has 2 amide bonds. The van der Waals surface area contributed by atoms with Crippen molar-refractivity contribution in [3.63, 3.8) is 0 Å². The van der Waals surface area contributed by atoms with Gasteiger partial charge in [0.25, 0.3) is 0 Å². The summed E-state index contributed by atoms with van der Waals surface area (Å²) in [6.45, 7) is 3.20. The minimum atomic E-state index is -0.274. The Kier molecular flexibility index (Phi) is 6.95. The lowest BCUT2D eigenvalue weighted by molar-refractivity contribution is 0.251. The van der Waals surface area contributed by atoms with Gasteiger partial charge in [0, 0.05) is 36.4 Å². The quantitative estimate of drug-likeness (QED) is 0.561. The summed E-state index contributed by atoms with van der Waals surface area (Å²) in [6, 6.07) is 14.7. The molecule has 2 heterocycles. The zero-order valence-electron chi connectivity index (χ0n) is 15.9. The van der Waals surface area contributed by atoms with Gasteiger partial charge in [0.1, 0.15) is 5.75 Å². The molecule has 0 fully saturated rings. The van der Waals surface area contributed by atoms with Gasteiger partial charge in [0.15, 0.2) is 0 Å². The molecule has 0 saturated carbocycles. The van der Waals surface area contributed by atoms with Crippen LogP contribution in [0.25, 0.3) is 11.3 Å². The minimum absolute atomic E-state index is 0.274. The van der Waals surface area contributed by atoms with Crippen LogP contribution < -0.4 is 15.4 Å². The van der Waals surface area contributed by atoms with Crippen LogP contribution in [0.5, 0.6) is 5.75 Å². The van der Waals surface area contributed by atoms with Gasteiger partial charge in [0.05, 0.1) is 12.3 Å². The number of benzene rings is 1. The van der Waals surface area contributed by atoms with Crippen LogP contribution in [0, 0.1) is 0 Å². The van der Waals surface area contributed by atoms with Gasteiger partial charge in [-0.1, -0.05) is 19.4 Å². The lowest BCUT2D eigenvalue weighted by Crippen LogP contribution is -2.28. The van der Waals surface area contributed by atoms with Crippen molar-refractivity contribution in [3.8, 4) is 17.0 Å². The second-order valence-corrected chi connectivity index (χ2v) is 6.28. The first-order valence-corrected chi connectivity index (χ1v) is 9.38. The molecule has 0 atom stereocenters. The summed E-state index contributed by atoms with van der Waals surface area (Å²) in [5, 5.41) is 5.71. The lowest BCUT2D eigenvalue weighted by atomic mass is 10.1. The molecule has 28 heavy (non-hydrogen) atoms. The number of unbranched alkanes of at least 4 members (excludes halogenated alkanes) is 1. The third-order valence-corrected chi connectivity index (χ3v) is 4.16. The minimum Gasteiger partial charge on any atom is -0.494 e. The van der Waals surface area contributed by atoms with E-state index in [4.69, 9.17) is 4.74 Å². The number of pyridine rings is 2. The Bertz CT molecular complexity index is 883. The molecule has 2 N–H and O–H groups in total. The average Bonchev–Trinajstić information content (AvgIpc) is 2.74. The van der Waals surface area contributed by atoms with Crippen LogP contribution in [-0.4, -0.2) is 22.6 Å². The highest BCUT2D eigenvalue weighted by atomic mass is 16.5. The summed E-state index contributed by atoms with van der Waals surface area (Å²) in [5.74, 6) is 0.803. The van der Waals surface area contributed by atoms with Gasteiger partial charge in [-0.15, -0.1) is 0 Å². The van der Waals surface area contributed by atoms with E-state index in [2.05, 4.69) is 27.5 Å². The maximum absolute atomic E-state index is 12.2. The number of carbonyl (C=O) groups is 1. The van der Waals surface area contributed by atoms with Crippen LogP contribution in [0.4, 0.5) is 10.5 Å². The smallest absolute Gasteiger partial charge is 0.319 e. The number of hydrogen-bond donors (Lipinski definition) is 2. The van der Waals surface area contributed by atoms with E-state index in [1.54, 1.807) is 18.6 Å². The summed E-state index contributed by atoms with van der Waals surface area (Å²) in [7, 11) is 0. The fourth-order valence-electron chi connectivity index (χ4n) is 2.67. The molecule has 2 aromatic heterocycles. The van der Waals surface area contributed by atoms with Gasteiger partial charge in [-0.2, -0.15) is 0 Å². The van der Waals surface area contributed by atoms with E-state index in [1.165, 1.54) is 0 Å². The first-order chi connectivity index (χ1) is 13.8. The molecule has 1 aromatic carbocycles. The third-order valence-electron chi connectivity index (χ3n) is 4.16. The Balaban J connectivity index is 1.55. The van der Waals surface area contributed by atoms with Crippen LogP contribution in [0.1, 0.15) is 25.3 Å². The van der Waals surface area contributed by atoms with Crippen molar-refractivity contribution >= 4 is 11.7 Å². The molecule has 0 aliphatic heterocycles. The van der Waals surface area contributed by atoms with Crippen LogP contribution >= 0.6 is 0 Å². The standard InChI is InChI=1S/C22H24N4O2/c1-2-3-15-28-20-8-6-19(7-9-20)26-22(27)25-16-18-5-4-12-24-21(18)17-10-13-23-14-11-17/h4-14H,2-3,15-16H2,1H3,(H2,25,26,27). The Hall–Kier alpha value is -3.41. The molecule has 6 nitrogen and oxygen atoms in total. The van der Waals surface area contributed by atoms with Crippen molar-refractivity contribution in [2.24, 2.45) is 0 Å². The fraction of sp³-hybridized carbons (Fsp3) is 0.227. The summed E-state index contributed by atoms with van der Waals surface area (Å²) in [5.41, 5.74) is 3.44. The average molecular weight is 376 g/mol. The lowest BCUT2D eigenvalue weighted by Gasteiger charge is -2.11. The monoisotopic (exact) mass is 376 g/mol. The number of hydrogen-bond acceptors (Lipinski definition) is 4. The molecule has 0 spiro atoms. The van der Waals surface area contributed by atoms with Crippen molar-refractivity contribution in [1.29, 1.82) is 0 Å². The summed E-state index contributed by atoms with van der Waals surface area (Å²) < 4.78 is 5.63. The van der Waals surface area contributed by atoms with Crippen LogP contribution in [-0.2, 0) is 6.54 Å². The van der Waals surface area contributed by atoms with E-state index < -0.39 is 0 Å². The largest absolute Gasteiger partial charge is 0.494 e. The van der Waals surface area contributed by atoms with Gasteiger partial charge in [0.2, 0.25) is 0 Å². The molecule has 3 rings (SSSR count). The molecule has 6 heteroatoms. The van der Waals surface area contributed by atoms with E-state index in [0.717, 1.165) is 35.4 Å². The van der Waals surface area contributed by atoms with Crippen molar-refractivity contribution in [1.82, 2.24) is 15.3 Å². The van der Waals surface area contributed by atoms with E-state index in [1.807, 2.05) is 48.5 Å². The maximum Gasteiger partial charge on any atom is 0.319 e. The molecule has 0 saturated heterocycles. The molecule has 3 aromatic rings. The molecule has 0 bridgehead atoms. The maximum atomic E-state index is 12.2. The number of ether oxygens (including phenoxy) is 1. The first kappa shape index (κ1) is 19.4. The van der Waals surface area contributed by atoms with Gasteiger partial charge >= 0.3 is 6.03 Å². The van der Waals surface area contributed by atoms with Gasteiger partial charge < -0.3 is 15.4 Å². The van der Waals surface area contributed by atoms with Gasteiger partial charge in [-0.05, 0) is 54.4 Å². The summed E-state index contributed by atoms with van der Waals surface area (Å²) >= 11 is 0. The number of anilines is 1. The molecule has 144 valence electrons.